The fourth-order valence-electron chi connectivity index (χ4n) is 5.30. The second-order valence-corrected chi connectivity index (χ2v) is 10.6. The number of nitrogens with zero attached hydrogens (tertiary/aromatic N) is 5. The van der Waals surface area contributed by atoms with Crippen molar-refractivity contribution in [2.75, 3.05) is 44.8 Å². The Morgan fingerprint density at radius 1 is 1.13 bits per heavy atom. The summed E-state index contributed by atoms with van der Waals surface area (Å²) in [6.07, 6.45) is 2.97. The number of pyridine rings is 1. The summed E-state index contributed by atoms with van der Waals surface area (Å²) >= 11 is 0. The molecule has 2 aliphatic rings. The number of hydrogen-bond acceptors (Lipinski definition) is 7. The van der Waals surface area contributed by atoms with Gasteiger partial charge in [-0.3, -0.25) is 14.5 Å². The van der Waals surface area contributed by atoms with Gasteiger partial charge in [0.2, 0.25) is 0 Å². The first-order valence-corrected chi connectivity index (χ1v) is 13.5. The van der Waals surface area contributed by atoms with Crippen molar-refractivity contribution < 1.29 is 18.8 Å². The Labute approximate surface area is 223 Å². The van der Waals surface area contributed by atoms with Gasteiger partial charge in [0, 0.05) is 63.2 Å². The molecule has 0 radical (unpaired) electrons. The van der Waals surface area contributed by atoms with Crippen molar-refractivity contribution in [1.82, 2.24) is 19.9 Å². The molecule has 1 saturated carbocycles. The van der Waals surface area contributed by atoms with Crippen LogP contribution >= 0.6 is 0 Å². The molecular weight excluding hydrogens is 482 g/mol. The van der Waals surface area contributed by atoms with Crippen LogP contribution in [-0.2, 0) is 16.1 Å². The minimum absolute atomic E-state index is 0.0105. The Hall–Kier alpha value is -3.30. The smallest absolute Gasteiger partial charge is 0.259 e. The number of carbonyl (C=O) groups is 2. The van der Waals surface area contributed by atoms with Gasteiger partial charge < -0.3 is 19.1 Å². The Kier molecular flexibility index (Phi) is 7.76. The van der Waals surface area contributed by atoms with E-state index in [1.807, 2.05) is 47.1 Å². The number of aromatic nitrogens is 2. The quantitative estimate of drug-likeness (QED) is 0.500. The van der Waals surface area contributed by atoms with Gasteiger partial charge in [-0.05, 0) is 57.7 Å². The Morgan fingerprint density at radius 2 is 1.92 bits per heavy atom. The highest BCUT2D eigenvalue weighted by molar-refractivity contribution is 6.06. The fourth-order valence-corrected chi connectivity index (χ4v) is 5.30. The number of fused-ring (bicyclic) bond motifs is 2. The third-order valence-electron chi connectivity index (χ3n) is 7.58. The summed E-state index contributed by atoms with van der Waals surface area (Å²) in [5.74, 6) is 0.215. The van der Waals surface area contributed by atoms with E-state index in [1.54, 1.807) is 0 Å². The highest BCUT2D eigenvalue weighted by atomic mass is 16.5. The molecule has 2 amide bonds. The van der Waals surface area contributed by atoms with Crippen molar-refractivity contribution in [2.45, 2.75) is 58.5 Å². The van der Waals surface area contributed by atoms with Crippen molar-refractivity contribution in [2.24, 2.45) is 0 Å². The zero-order chi connectivity index (χ0) is 26.8. The number of carbonyl (C=O) groups excluding carboxylic acids is 2. The van der Waals surface area contributed by atoms with Crippen molar-refractivity contribution in [3.8, 4) is 0 Å². The van der Waals surface area contributed by atoms with Crippen LogP contribution in [0.4, 0.5) is 5.69 Å². The lowest BCUT2D eigenvalue weighted by molar-refractivity contribution is -0.122. The zero-order valence-electron chi connectivity index (χ0n) is 22.8. The molecule has 9 heteroatoms. The molecule has 1 aromatic carbocycles. The second kappa shape index (κ2) is 11.2. The van der Waals surface area contributed by atoms with E-state index in [-0.39, 0.29) is 18.4 Å². The fraction of sp³-hybridized carbons (Fsp3) is 0.517. The van der Waals surface area contributed by atoms with Crippen LogP contribution in [-0.4, -0.2) is 77.7 Å². The Balaban J connectivity index is 1.56. The first-order chi connectivity index (χ1) is 18.4. The van der Waals surface area contributed by atoms with Crippen LogP contribution in [0.15, 0.2) is 34.9 Å². The lowest BCUT2D eigenvalue weighted by atomic mass is 10.1. The SMILES string of the molecule is COCC(=O)N1CCCN(C(C)C)CCN(C(=O)c2cc(C3CC3)nc3onc(C)c23)Cc2ccccc21. The van der Waals surface area contributed by atoms with Crippen LogP contribution in [0.25, 0.3) is 11.1 Å². The van der Waals surface area contributed by atoms with E-state index in [9.17, 15) is 9.59 Å². The van der Waals surface area contributed by atoms with Gasteiger partial charge in [-0.25, -0.2) is 4.98 Å². The number of anilines is 1. The molecule has 1 fully saturated rings. The second-order valence-electron chi connectivity index (χ2n) is 10.6. The molecule has 0 atom stereocenters. The summed E-state index contributed by atoms with van der Waals surface area (Å²) in [7, 11) is 1.54. The number of aryl methyl sites for hydroxylation is 1. The van der Waals surface area contributed by atoms with Crippen molar-refractivity contribution in [3.05, 3.63) is 52.8 Å². The molecule has 0 bridgehead atoms. The molecule has 0 unspecified atom stereocenters. The van der Waals surface area contributed by atoms with E-state index < -0.39 is 0 Å². The maximum atomic E-state index is 14.3. The minimum atomic E-state index is -0.0850. The molecule has 5 rings (SSSR count). The highest BCUT2D eigenvalue weighted by Crippen LogP contribution is 2.40. The molecule has 1 aliphatic heterocycles. The topological polar surface area (TPSA) is 92.0 Å². The Bertz CT molecular complexity index is 1320. The summed E-state index contributed by atoms with van der Waals surface area (Å²) in [5, 5.41) is 4.80. The van der Waals surface area contributed by atoms with E-state index in [0.717, 1.165) is 49.3 Å². The predicted octanol–water partition coefficient (Wildman–Crippen LogP) is 4.14. The van der Waals surface area contributed by atoms with Crippen LogP contribution < -0.4 is 4.90 Å². The van der Waals surface area contributed by atoms with Crippen molar-refractivity contribution >= 4 is 28.6 Å². The zero-order valence-corrected chi connectivity index (χ0v) is 22.8. The molecule has 202 valence electrons. The van der Waals surface area contributed by atoms with Gasteiger partial charge in [0.1, 0.15) is 6.61 Å². The van der Waals surface area contributed by atoms with Gasteiger partial charge in [-0.1, -0.05) is 23.4 Å². The Morgan fingerprint density at radius 3 is 2.66 bits per heavy atom. The number of amides is 2. The third kappa shape index (κ3) is 5.44. The number of methoxy groups -OCH3 is 1. The van der Waals surface area contributed by atoms with Gasteiger partial charge in [0.05, 0.1) is 16.6 Å². The lowest BCUT2D eigenvalue weighted by Gasteiger charge is -2.30. The van der Waals surface area contributed by atoms with Crippen molar-refractivity contribution in [3.63, 3.8) is 0 Å². The summed E-state index contributed by atoms with van der Waals surface area (Å²) in [6, 6.07) is 10.1. The maximum absolute atomic E-state index is 14.3. The molecular formula is C29H37N5O4. The normalized spacial score (nSPS) is 17.5. The van der Waals surface area contributed by atoms with E-state index >= 15 is 0 Å². The number of ether oxygens (including phenoxy) is 1. The molecule has 1 aliphatic carbocycles. The van der Waals surface area contributed by atoms with Crippen LogP contribution in [0.1, 0.15) is 66.3 Å². The van der Waals surface area contributed by atoms with Gasteiger partial charge >= 0.3 is 0 Å². The maximum Gasteiger partial charge on any atom is 0.259 e. The molecule has 0 spiro atoms. The average Bonchev–Trinajstić information content (AvgIpc) is 3.69. The van der Waals surface area contributed by atoms with Crippen LogP contribution in [0, 0.1) is 6.92 Å². The number of hydrogen-bond donors (Lipinski definition) is 0. The monoisotopic (exact) mass is 519 g/mol. The van der Waals surface area contributed by atoms with E-state index in [1.165, 1.54) is 7.11 Å². The standard InChI is InChI=1S/C29H37N5O4/c1-19(2)32-12-7-13-34(26(35)18-37-4)25-9-6-5-8-22(25)17-33(15-14-32)29(36)23-16-24(21-10-11-21)30-28-27(23)20(3)31-38-28/h5-6,8-9,16,19,21H,7,10-15,17-18H2,1-4H3. The van der Waals surface area contributed by atoms with Crippen LogP contribution in [0.3, 0.4) is 0 Å². The van der Waals surface area contributed by atoms with Gasteiger partial charge in [0.15, 0.2) is 0 Å². The number of rotatable bonds is 5. The molecule has 0 N–H and O–H groups in total. The van der Waals surface area contributed by atoms with E-state index in [4.69, 9.17) is 9.26 Å². The molecule has 3 aromatic rings. The van der Waals surface area contributed by atoms with Gasteiger partial charge in [-0.2, -0.15) is 0 Å². The first kappa shape index (κ1) is 26.3. The predicted molar refractivity (Wildman–Crippen MR) is 145 cm³/mol. The highest BCUT2D eigenvalue weighted by Gasteiger charge is 2.31. The van der Waals surface area contributed by atoms with Crippen LogP contribution in [0.2, 0.25) is 0 Å². The van der Waals surface area contributed by atoms with E-state index in [2.05, 4.69) is 28.9 Å². The van der Waals surface area contributed by atoms with Crippen molar-refractivity contribution in [1.29, 1.82) is 0 Å². The van der Waals surface area contributed by atoms with Gasteiger partial charge in [-0.15, -0.1) is 0 Å². The molecule has 3 heterocycles. The summed E-state index contributed by atoms with van der Waals surface area (Å²) in [5.41, 5.74) is 4.33. The summed E-state index contributed by atoms with van der Waals surface area (Å²) in [6.45, 7) is 9.30. The average molecular weight is 520 g/mol. The first-order valence-electron chi connectivity index (χ1n) is 13.5. The molecule has 2 aromatic heterocycles. The molecule has 38 heavy (non-hydrogen) atoms. The summed E-state index contributed by atoms with van der Waals surface area (Å²) < 4.78 is 10.7. The summed E-state index contributed by atoms with van der Waals surface area (Å²) in [4.78, 5) is 38.2. The largest absolute Gasteiger partial charge is 0.375 e. The number of para-hydroxylation sites is 1. The number of benzene rings is 1. The molecule has 9 nitrogen and oxygen atoms in total. The lowest BCUT2D eigenvalue weighted by Crippen LogP contribution is -2.41. The van der Waals surface area contributed by atoms with E-state index in [0.29, 0.717) is 54.0 Å². The molecule has 0 saturated heterocycles. The third-order valence-corrected chi connectivity index (χ3v) is 7.58. The van der Waals surface area contributed by atoms with Gasteiger partial charge in [0.25, 0.3) is 17.5 Å². The minimum Gasteiger partial charge on any atom is -0.375 e. The van der Waals surface area contributed by atoms with Crippen LogP contribution in [0.5, 0.6) is 0 Å².